The van der Waals surface area contributed by atoms with Gasteiger partial charge in [0, 0.05) is 0 Å². The fourth-order valence-electron chi connectivity index (χ4n) is 1.60. The predicted octanol–water partition coefficient (Wildman–Crippen LogP) is 1.85. The minimum atomic E-state index is -1.23. The molecule has 1 aromatic carbocycles. The second kappa shape index (κ2) is 6.25. The molecule has 1 unspecified atom stereocenters. The van der Waals surface area contributed by atoms with Crippen LogP contribution in [0.3, 0.4) is 0 Å². The molecule has 0 fully saturated rings. The van der Waals surface area contributed by atoms with Crippen molar-refractivity contribution < 1.29 is 19.4 Å². The lowest BCUT2D eigenvalue weighted by Crippen LogP contribution is -2.15. The van der Waals surface area contributed by atoms with Crippen molar-refractivity contribution in [3.63, 3.8) is 0 Å². The zero-order chi connectivity index (χ0) is 12.8. The van der Waals surface area contributed by atoms with Crippen LogP contribution in [0.2, 0.25) is 0 Å². The average Bonchev–Trinajstić information content (AvgIpc) is 2.37. The van der Waals surface area contributed by atoms with Gasteiger partial charge in [-0.05, 0) is 36.6 Å². The zero-order valence-electron chi connectivity index (χ0n) is 10.4. The Labute approximate surface area is 101 Å². The largest absolute Gasteiger partial charge is 0.496 e. The number of ether oxygens (including phenoxy) is 2. The average molecular weight is 238 g/mol. The summed E-state index contributed by atoms with van der Waals surface area (Å²) in [6.07, 6.45) is -0.460. The van der Waals surface area contributed by atoms with Crippen LogP contribution in [0.4, 0.5) is 0 Å². The fraction of sp³-hybridized carbons (Fsp3) is 0.462. The number of methoxy groups -OCH3 is 1. The van der Waals surface area contributed by atoms with Crippen molar-refractivity contribution in [2.45, 2.75) is 26.4 Å². The quantitative estimate of drug-likeness (QED) is 0.795. The predicted molar refractivity (Wildman–Crippen MR) is 64.0 cm³/mol. The number of benzene rings is 1. The summed E-state index contributed by atoms with van der Waals surface area (Å²) in [6.45, 7) is 3.95. The molecule has 4 heteroatoms. The van der Waals surface area contributed by atoms with Crippen molar-refractivity contribution in [2.24, 2.45) is 0 Å². The molecule has 0 aliphatic rings. The monoisotopic (exact) mass is 238 g/mol. The lowest BCUT2D eigenvalue weighted by atomic mass is 10.0. The third-order valence-corrected chi connectivity index (χ3v) is 2.51. The first-order valence-corrected chi connectivity index (χ1v) is 5.65. The van der Waals surface area contributed by atoms with E-state index in [1.165, 1.54) is 0 Å². The van der Waals surface area contributed by atoms with Gasteiger partial charge in [0.1, 0.15) is 5.75 Å². The SMILES string of the molecule is CCOC(=O)C(O)c1ccc(OC)c(CC)c1. The molecule has 0 saturated heterocycles. The van der Waals surface area contributed by atoms with Gasteiger partial charge in [-0.25, -0.2) is 4.79 Å². The van der Waals surface area contributed by atoms with Crippen molar-refractivity contribution in [3.8, 4) is 5.75 Å². The third-order valence-electron chi connectivity index (χ3n) is 2.51. The summed E-state index contributed by atoms with van der Waals surface area (Å²) in [7, 11) is 1.59. The van der Waals surface area contributed by atoms with Crippen molar-refractivity contribution in [1.29, 1.82) is 0 Å². The van der Waals surface area contributed by atoms with Crippen LogP contribution in [0.25, 0.3) is 0 Å². The molecule has 0 aliphatic carbocycles. The molecule has 0 bridgehead atoms. The number of aryl methyl sites for hydroxylation is 1. The van der Waals surface area contributed by atoms with E-state index in [4.69, 9.17) is 9.47 Å². The molecule has 0 aliphatic heterocycles. The summed E-state index contributed by atoms with van der Waals surface area (Å²) in [5, 5.41) is 9.79. The van der Waals surface area contributed by atoms with Crippen molar-refractivity contribution >= 4 is 5.97 Å². The molecule has 0 amide bonds. The highest BCUT2D eigenvalue weighted by Crippen LogP contribution is 2.24. The molecule has 94 valence electrons. The van der Waals surface area contributed by atoms with Crippen LogP contribution in [0.5, 0.6) is 5.75 Å². The van der Waals surface area contributed by atoms with Gasteiger partial charge in [-0.3, -0.25) is 0 Å². The van der Waals surface area contributed by atoms with Gasteiger partial charge < -0.3 is 14.6 Å². The van der Waals surface area contributed by atoms with Crippen LogP contribution in [-0.2, 0) is 16.0 Å². The Morgan fingerprint density at radius 2 is 2.12 bits per heavy atom. The van der Waals surface area contributed by atoms with Crippen molar-refractivity contribution in [1.82, 2.24) is 0 Å². The minimum absolute atomic E-state index is 0.257. The van der Waals surface area contributed by atoms with Crippen molar-refractivity contribution in [2.75, 3.05) is 13.7 Å². The van der Waals surface area contributed by atoms with Crippen LogP contribution in [-0.4, -0.2) is 24.8 Å². The molecule has 0 radical (unpaired) electrons. The summed E-state index contributed by atoms with van der Waals surface area (Å²) in [5.41, 5.74) is 1.48. The lowest BCUT2D eigenvalue weighted by Gasteiger charge is -2.13. The fourth-order valence-corrected chi connectivity index (χ4v) is 1.60. The Balaban J connectivity index is 2.95. The van der Waals surface area contributed by atoms with Gasteiger partial charge in [0.15, 0.2) is 6.10 Å². The molecule has 1 atom stereocenters. The smallest absolute Gasteiger partial charge is 0.339 e. The van der Waals surface area contributed by atoms with Gasteiger partial charge in [-0.2, -0.15) is 0 Å². The molecule has 0 spiro atoms. The molecule has 1 rings (SSSR count). The summed E-state index contributed by atoms with van der Waals surface area (Å²) in [5.74, 6) is 0.132. The molecular formula is C13H18O4. The molecule has 17 heavy (non-hydrogen) atoms. The number of rotatable bonds is 5. The molecule has 4 nitrogen and oxygen atoms in total. The van der Waals surface area contributed by atoms with Crippen LogP contribution in [0.15, 0.2) is 18.2 Å². The van der Waals surface area contributed by atoms with Crippen molar-refractivity contribution in [3.05, 3.63) is 29.3 Å². The Hall–Kier alpha value is -1.55. The highest BCUT2D eigenvalue weighted by atomic mass is 16.5. The first-order chi connectivity index (χ1) is 8.13. The normalized spacial score (nSPS) is 12.0. The van der Waals surface area contributed by atoms with Gasteiger partial charge in [0.2, 0.25) is 0 Å². The maximum atomic E-state index is 11.4. The van der Waals surface area contributed by atoms with Gasteiger partial charge in [-0.1, -0.05) is 13.0 Å². The Bertz CT molecular complexity index is 387. The van der Waals surface area contributed by atoms with Gasteiger partial charge >= 0.3 is 5.97 Å². The third kappa shape index (κ3) is 3.20. The Morgan fingerprint density at radius 1 is 1.41 bits per heavy atom. The highest BCUT2D eigenvalue weighted by molar-refractivity contribution is 5.76. The van der Waals surface area contributed by atoms with Gasteiger partial charge in [0.25, 0.3) is 0 Å². The van der Waals surface area contributed by atoms with E-state index in [1.807, 2.05) is 6.92 Å². The Kier molecular flexibility index (Phi) is 4.97. The molecule has 0 aromatic heterocycles. The van der Waals surface area contributed by atoms with E-state index in [1.54, 1.807) is 32.2 Å². The second-order valence-electron chi connectivity index (χ2n) is 3.58. The zero-order valence-corrected chi connectivity index (χ0v) is 10.4. The van der Waals surface area contributed by atoms with E-state index in [0.29, 0.717) is 5.56 Å². The lowest BCUT2D eigenvalue weighted by molar-refractivity contribution is -0.153. The van der Waals surface area contributed by atoms with Crippen LogP contribution >= 0.6 is 0 Å². The molecular weight excluding hydrogens is 220 g/mol. The first kappa shape index (κ1) is 13.5. The number of hydrogen-bond acceptors (Lipinski definition) is 4. The molecule has 0 heterocycles. The standard InChI is InChI=1S/C13H18O4/c1-4-9-8-10(6-7-11(9)16-3)12(14)13(15)17-5-2/h6-8,12,14H,4-5H2,1-3H3. The summed E-state index contributed by atoms with van der Waals surface area (Å²) >= 11 is 0. The van der Waals surface area contributed by atoms with E-state index < -0.39 is 12.1 Å². The van der Waals surface area contributed by atoms with E-state index in [9.17, 15) is 9.90 Å². The number of esters is 1. The number of aliphatic hydroxyl groups is 1. The van der Waals surface area contributed by atoms with Crippen LogP contribution in [0, 0.1) is 0 Å². The number of carbonyl (C=O) groups is 1. The molecule has 1 aromatic rings. The maximum absolute atomic E-state index is 11.4. The maximum Gasteiger partial charge on any atom is 0.339 e. The Morgan fingerprint density at radius 3 is 2.65 bits per heavy atom. The summed E-state index contributed by atoms with van der Waals surface area (Å²) < 4.78 is 9.95. The minimum Gasteiger partial charge on any atom is -0.496 e. The van der Waals surface area contributed by atoms with Crippen LogP contribution in [0.1, 0.15) is 31.1 Å². The highest BCUT2D eigenvalue weighted by Gasteiger charge is 2.19. The van der Waals surface area contributed by atoms with Crippen LogP contribution < -0.4 is 4.74 Å². The van der Waals surface area contributed by atoms with E-state index in [0.717, 1.165) is 17.7 Å². The summed E-state index contributed by atoms with van der Waals surface area (Å²) in [6, 6.07) is 5.18. The van der Waals surface area contributed by atoms with E-state index >= 15 is 0 Å². The molecule has 0 saturated carbocycles. The number of carbonyl (C=O) groups excluding carboxylic acids is 1. The van der Waals surface area contributed by atoms with Gasteiger partial charge in [-0.15, -0.1) is 0 Å². The molecule has 1 N–H and O–H groups in total. The second-order valence-corrected chi connectivity index (χ2v) is 3.58. The van der Waals surface area contributed by atoms with E-state index in [2.05, 4.69) is 0 Å². The number of aliphatic hydroxyl groups excluding tert-OH is 1. The summed E-state index contributed by atoms with van der Waals surface area (Å²) in [4.78, 5) is 11.4. The topological polar surface area (TPSA) is 55.8 Å². The first-order valence-electron chi connectivity index (χ1n) is 5.65. The number of hydrogen-bond donors (Lipinski definition) is 1. The van der Waals surface area contributed by atoms with Gasteiger partial charge in [0.05, 0.1) is 13.7 Å². The van der Waals surface area contributed by atoms with E-state index in [-0.39, 0.29) is 6.61 Å².